The van der Waals surface area contributed by atoms with Crippen LogP contribution in [0.4, 0.5) is 5.13 Å². The zero-order chi connectivity index (χ0) is 20.4. The van der Waals surface area contributed by atoms with Crippen molar-refractivity contribution >= 4 is 38.6 Å². The van der Waals surface area contributed by atoms with E-state index in [1.165, 1.54) is 11.3 Å². The predicted octanol–water partition coefficient (Wildman–Crippen LogP) is 3.73. The third-order valence-electron chi connectivity index (χ3n) is 6.87. The molecule has 0 spiro atoms. The van der Waals surface area contributed by atoms with Crippen LogP contribution in [0.15, 0.2) is 12.1 Å². The number of anilines is 1. The molecule has 154 valence electrons. The summed E-state index contributed by atoms with van der Waals surface area (Å²) < 4.78 is 6.46. The number of hydrogen-bond donors (Lipinski definition) is 2. The Kier molecular flexibility index (Phi) is 4.26. The molecule has 1 amide bonds. The second kappa shape index (κ2) is 6.51. The highest BCUT2D eigenvalue weighted by Crippen LogP contribution is 2.61. The van der Waals surface area contributed by atoms with Crippen LogP contribution in [0, 0.1) is 31.1 Å². The number of nitrogens with zero attached hydrogens (tertiary/aromatic N) is 1. The molecule has 2 N–H and O–H groups in total. The fraction of sp³-hybridized carbons (Fsp3) is 0.591. The minimum atomic E-state index is -0.720. The van der Waals surface area contributed by atoms with Gasteiger partial charge in [0.05, 0.1) is 21.2 Å². The number of aryl methyl sites for hydroxylation is 2. The van der Waals surface area contributed by atoms with Gasteiger partial charge < -0.3 is 9.84 Å². The van der Waals surface area contributed by atoms with Gasteiger partial charge in [-0.15, -0.1) is 0 Å². The zero-order valence-electron chi connectivity index (χ0n) is 16.8. The molecule has 0 radical (unpaired) electrons. The largest absolute Gasteiger partial charge is 0.455 e. The van der Waals surface area contributed by atoms with Crippen molar-refractivity contribution in [3.63, 3.8) is 0 Å². The van der Waals surface area contributed by atoms with Gasteiger partial charge in [0.1, 0.15) is 0 Å². The summed E-state index contributed by atoms with van der Waals surface area (Å²) in [4.78, 5) is 29.8. The Labute approximate surface area is 173 Å². The first-order valence-electron chi connectivity index (χ1n) is 10.3. The monoisotopic (exact) mass is 414 g/mol. The van der Waals surface area contributed by atoms with Crippen LogP contribution in [-0.4, -0.2) is 34.2 Å². The molecule has 4 atom stereocenters. The number of rotatable bonds is 4. The van der Waals surface area contributed by atoms with Crippen molar-refractivity contribution in [3.05, 3.63) is 23.3 Å². The average molecular weight is 415 g/mol. The molecule has 0 aliphatic heterocycles. The van der Waals surface area contributed by atoms with Crippen molar-refractivity contribution in [3.8, 4) is 0 Å². The number of carbonyl (C=O) groups excluding carboxylic acids is 2. The van der Waals surface area contributed by atoms with E-state index >= 15 is 0 Å². The number of aromatic nitrogens is 1. The smallest absolute Gasteiger partial charge is 0.312 e. The lowest BCUT2D eigenvalue weighted by molar-refractivity contribution is -0.196. The maximum Gasteiger partial charge on any atom is 0.312 e. The molecule has 6 rings (SSSR count). The van der Waals surface area contributed by atoms with E-state index in [1.807, 2.05) is 19.9 Å². The molecule has 2 unspecified atom stereocenters. The number of hydrogen-bond acceptors (Lipinski definition) is 6. The van der Waals surface area contributed by atoms with Crippen LogP contribution in [0.3, 0.4) is 0 Å². The van der Waals surface area contributed by atoms with Gasteiger partial charge in [0.2, 0.25) is 0 Å². The number of benzene rings is 1. The van der Waals surface area contributed by atoms with Crippen LogP contribution in [0.1, 0.15) is 49.7 Å². The van der Waals surface area contributed by atoms with Gasteiger partial charge in [0.25, 0.3) is 5.91 Å². The van der Waals surface area contributed by atoms with E-state index in [1.54, 1.807) is 0 Å². The third kappa shape index (κ3) is 3.34. The van der Waals surface area contributed by atoms with E-state index in [0.29, 0.717) is 23.4 Å². The Balaban J connectivity index is 1.23. The molecule has 6 nitrogen and oxygen atoms in total. The number of amides is 1. The number of ether oxygens (including phenoxy) is 1. The van der Waals surface area contributed by atoms with Gasteiger partial charge in [-0.2, -0.15) is 0 Å². The van der Waals surface area contributed by atoms with E-state index in [0.717, 1.165) is 53.4 Å². The van der Waals surface area contributed by atoms with Crippen molar-refractivity contribution in [2.24, 2.45) is 17.3 Å². The second-order valence-electron chi connectivity index (χ2n) is 9.54. The van der Waals surface area contributed by atoms with Gasteiger partial charge in [0, 0.05) is 0 Å². The van der Waals surface area contributed by atoms with Gasteiger partial charge in [0.15, 0.2) is 11.7 Å². The lowest BCUT2D eigenvalue weighted by Crippen LogP contribution is -2.58. The summed E-state index contributed by atoms with van der Waals surface area (Å²) in [6, 6.07) is 4.11. The van der Waals surface area contributed by atoms with Gasteiger partial charge in [-0.25, -0.2) is 4.98 Å². The number of nitrogens with one attached hydrogen (secondary N) is 1. The molecule has 4 aliphatic carbocycles. The summed E-state index contributed by atoms with van der Waals surface area (Å²) in [5.41, 5.74) is 1.78. The van der Waals surface area contributed by atoms with E-state index in [4.69, 9.17) is 4.74 Å². The van der Waals surface area contributed by atoms with Crippen molar-refractivity contribution in [2.75, 3.05) is 11.9 Å². The van der Waals surface area contributed by atoms with Gasteiger partial charge in [-0.05, 0) is 81.4 Å². The second-order valence-corrected chi connectivity index (χ2v) is 10.6. The van der Waals surface area contributed by atoms with Crippen molar-refractivity contribution in [1.29, 1.82) is 0 Å². The number of aliphatic hydroxyl groups is 1. The molecular formula is C22H26N2O4S. The fourth-order valence-corrected chi connectivity index (χ4v) is 7.37. The van der Waals surface area contributed by atoms with E-state index < -0.39 is 11.0 Å². The standard InChI is InChI=1S/C22H26N2O4S/c1-12-3-13(2)18-16(4-12)29-20(24-18)23-17(25)10-28-19(26)21-6-14-5-15(7-21)9-22(27,8-14)11-21/h3-4,14-15,27H,5-11H2,1-2H3,(H,23,24,25)/t14-,15+,21?,22?. The molecule has 0 saturated heterocycles. The zero-order valence-corrected chi connectivity index (χ0v) is 17.6. The molecular weight excluding hydrogens is 388 g/mol. The molecule has 4 bridgehead atoms. The fourth-order valence-electron chi connectivity index (χ4n) is 6.32. The van der Waals surface area contributed by atoms with Gasteiger partial charge >= 0.3 is 5.97 Å². The van der Waals surface area contributed by atoms with Crippen LogP contribution in [0.25, 0.3) is 10.2 Å². The normalized spacial score (nSPS) is 32.5. The summed E-state index contributed by atoms with van der Waals surface area (Å²) in [7, 11) is 0. The minimum Gasteiger partial charge on any atom is -0.455 e. The molecule has 7 heteroatoms. The molecule has 2 aromatic rings. The maximum atomic E-state index is 12.9. The quantitative estimate of drug-likeness (QED) is 0.745. The summed E-state index contributed by atoms with van der Waals surface area (Å²) in [5.74, 6) is 0.0975. The summed E-state index contributed by atoms with van der Waals surface area (Å²) in [6.45, 7) is 3.72. The molecule has 4 saturated carbocycles. The molecule has 1 aromatic carbocycles. The molecule has 29 heavy (non-hydrogen) atoms. The Hall–Kier alpha value is -1.99. The maximum absolute atomic E-state index is 12.9. The van der Waals surface area contributed by atoms with E-state index in [-0.39, 0.29) is 18.5 Å². The summed E-state index contributed by atoms with van der Waals surface area (Å²) >= 11 is 1.42. The molecule has 4 fully saturated rings. The van der Waals surface area contributed by atoms with Gasteiger partial charge in [-0.3, -0.25) is 14.9 Å². The highest BCUT2D eigenvalue weighted by Gasteiger charge is 2.60. The van der Waals surface area contributed by atoms with Crippen LogP contribution >= 0.6 is 11.3 Å². The Morgan fingerprint density at radius 1 is 1.24 bits per heavy atom. The highest BCUT2D eigenvalue weighted by molar-refractivity contribution is 7.22. The first-order valence-corrected chi connectivity index (χ1v) is 11.1. The number of carbonyl (C=O) groups is 2. The van der Waals surface area contributed by atoms with E-state index in [9.17, 15) is 14.7 Å². The topological polar surface area (TPSA) is 88.5 Å². The van der Waals surface area contributed by atoms with Crippen LogP contribution in [-0.2, 0) is 14.3 Å². The van der Waals surface area contributed by atoms with E-state index in [2.05, 4.69) is 16.4 Å². The minimum absolute atomic E-state index is 0.317. The number of thiazole rings is 1. The third-order valence-corrected chi connectivity index (χ3v) is 7.79. The lowest BCUT2D eigenvalue weighted by Gasteiger charge is -2.58. The first kappa shape index (κ1) is 19.0. The van der Waals surface area contributed by atoms with Crippen LogP contribution in [0.5, 0.6) is 0 Å². The van der Waals surface area contributed by atoms with Crippen molar-refractivity contribution < 1.29 is 19.4 Å². The highest BCUT2D eigenvalue weighted by atomic mass is 32.1. The Morgan fingerprint density at radius 3 is 2.66 bits per heavy atom. The Morgan fingerprint density at radius 2 is 1.97 bits per heavy atom. The average Bonchev–Trinajstić information content (AvgIpc) is 3.00. The molecule has 1 aromatic heterocycles. The number of fused-ring (bicyclic) bond motifs is 1. The number of esters is 1. The van der Waals surface area contributed by atoms with Gasteiger partial charge in [-0.1, -0.05) is 17.4 Å². The van der Waals surface area contributed by atoms with Crippen molar-refractivity contribution in [1.82, 2.24) is 4.98 Å². The Bertz CT molecular complexity index is 1000. The van der Waals surface area contributed by atoms with Crippen LogP contribution < -0.4 is 5.32 Å². The molecule has 1 heterocycles. The lowest BCUT2D eigenvalue weighted by atomic mass is 9.48. The summed E-state index contributed by atoms with van der Waals surface area (Å²) in [5, 5.41) is 14.1. The molecule has 4 aliphatic rings. The predicted molar refractivity (Wildman–Crippen MR) is 111 cm³/mol. The first-order chi connectivity index (χ1) is 13.7. The van der Waals surface area contributed by atoms with Crippen LogP contribution in [0.2, 0.25) is 0 Å². The van der Waals surface area contributed by atoms with Crippen molar-refractivity contribution in [2.45, 2.75) is 58.0 Å². The SMILES string of the molecule is Cc1cc(C)c2nc(NC(=O)COC(=O)C34C[C@@H]5C[C@@H](CC(O)(C5)C3)C4)sc2c1. The summed E-state index contributed by atoms with van der Waals surface area (Å²) in [6.07, 6.45) is 4.74.